The van der Waals surface area contributed by atoms with Gasteiger partial charge in [-0.15, -0.1) is 22.7 Å². The van der Waals surface area contributed by atoms with Crippen LogP contribution in [0, 0.1) is 6.92 Å². The fourth-order valence-electron chi connectivity index (χ4n) is 2.09. The lowest BCUT2D eigenvalue weighted by Gasteiger charge is -2.02. The number of nitrogens with one attached hydrogen (secondary N) is 1. The third-order valence-corrected chi connectivity index (χ3v) is 5.43. The minimum Gasteiger partial charge on any atom is -0.316 e. The number of hydrogen-bond acceptors (Lipinski definition) is 6. The average Bonchev–Trinajstić information content (AvgIpc) is 3.14. The van der Waals surface area contributed by atoms with Crippen molar-refractivity contribution in [2.45, 2.75) is 33.6 Å². The Hall–Kier alpha value is -1.79. The Morgan fingerprint density at radius 2 is 2.00 bits per heavy atom. The first kappa shape index (κ1) is 15.1. The van der Waals surface area contributed by atoms with Gasteiger partial charge >= 0.3 is 0 Å². The monoisotopic (exact) mass is 330 g/mol. The van der Waals surface area contributed by atoms with Gasteiger partial charge in [0.15, 0.2) is 5.13 Å². The van der Waals surface area contributed by atoms with Crippen LogP contribution in [0.2, 0.25) is 0 Å². The minimum absolute atomic E-state index is 0.827. The molecule has 0 unspecified atom stereocenters. The van der Waals surface area contributed by atoms with Crippen LogP contribution in [0.5, 0.6) is 0 Å². The summed E-state index contributed by atoms with van der Waals surface area (Å²) < 4.78 is 0. The molecule has 3 aromatic rings. The van der Waals surface area contributed by atoms with E-state index in [1.54, 1.807) is 22.7 Å². The molecule has 22 heavy (non-hydrogen) atoms. The number of hydrogen-bond donors (Lipinski definition) is 1. The molecule has 1 N–H and O–H groups in total. The summed E-state index contributed by atoms with van der Waals surface area (Å²) in [6.07, 6.45) is 3.87. The van der Waals surface area contributed by atoms with Crippen molar-refractivity contribution >= 4 is 33.6 Å². The Balaban J connectivity index is 1.79. The lowest BCUT2D eigenvalue weighted by Crippen LogP contribution is -1.93. The van der Waals surface area contributed by atoms with Crippen LogP contribution < -0.4 is 5.32 Å². The molecule has 0 spiro atoms. The maximum absolute atomic E-state index is 4.66. The van der Waals surface area contributed by atoms with E-state index < -0.39 is 0 Å². The highest BCUT2D eigenvalue weighted by atomic mass is 32.1. The van der Waals surface area contributed by atoms with Gasteiger partial charge in [-0.1, -0.05) is 19.9 Å². The van der Waals surface area contributed by atoms with Gasteiger partial charge in [-0.2, -0.15) is 0 Å². The molecule has 0 radical (unpaired) electrons. The maximum Gasteiger partial charge on any atom is 0.188 e. The molecule has 6 heteroatoms. The number of anilines is 2. The van der Waals surface area contributed by atoms with Gasteiger partial charge in [0.1, 0.15) is 5.82 Å². The van der Waals surface area contributed by atoms with E-state index in [0.717, 1.165) is 45.1 Å². The zero-order chi connectivity index (χ0) is 15.5. The summed E-state index contributed by atoms with van der Waals surface area (Å²) in [7, 11) is 0. The molecule has 0 bridgehead atoms. The topological polar surface area (TPSA) is 50.7 Å². The molecule has 0 saturated carbocycles. The fourth-order valence-corrected chi connectivity index (χ4v) is 3.84. The van der Waals surface area contributed by atoms with Crippen molar-refractivity contribution in [3.63, 3.8) is 0 Å². The van der Waals surface area contributed by atoms with Gasteiger partial charge in [0.2, 0.25) is 0 Å². The van der Waals surface area contributed by atoms with E-state index in [4.69, 9.17) is 0 Å². The fraction of sp³-hybridized carbons (Fsp3) is 0.312. The third kappa shape index (κ3) is 3.18. The third-order valence-electron chi connectivity index (χ3n) is 3.35. The molecule has 0 aliphatic rings. The summed E-state index contributed by atoms with van der Waals surface area (Å²) in [4.78, 5) is 14.8. The molecule has 0 aromatic carbocycles. The van der Waals surface area contributed by atoms with Crippen molar-refractivity contribution < 1.29 is 0 Å². The molecule has 0 fully saturated rings. The average molecular weight is 330 g/mol. The van der Waals surface area contributed by atoms with E-state index in [0.29, 0.717) is 0 Å². The Kier molecular flexibility index (Phi) is 4.49. The minimum atomic E-state index is 0.827. The lowest BCUT2D eigenvalue weighted by atomic mass is 10.2. The largest absolute Gasteiger partial charge is 0.316 e. The molecule has 0 amide bonds. The smallest absolute Gasteiger partial charge is 0.188 e. The van der Waals surface area contributed by atoms with Gasteiger partial charge < -0.3 is 5.32 Å². The Labute approximate surface area is 138 Å². The van der Waals surface area contributed by atoms with Crippen molar-refractivity contribution in [2.75, 3.05) is 5.32 Å². The van der Waals surface area contributed by atoms with Crippen LogP contribution in [0.15, 0.2) is 23.7 Å². The number of pyridine rings is 1. The highest BCUT2D eigenvalue weighted by molar-refractivity contribution is 7.16. The molecule has 3 aromatic heterocycles. The number of aryl methyl sites for hydroxylation is 3. The molecule has 0 aliphatic heterocycles. The van der Waals surface area contributed by atoms with Gasteiger partial charge in [-0.25, -0.2) is 15.0 Å². The Bertz CT molecular complexity index is 759. The van der Waals surface area contributed by atoms with E-state index >= 15 is 0 Å². The van der Waals surface area contributed by atoms with Gasteiger partial charge in [0.05, 0.1) is 21.3 Å². The van der Waals surface area contributed by atoms with Crippen molar-refractivity contribution in [1.29, 1.82) is 0 Å². The van der Waals surface area contributed by atoms with Crippen LogP contribution in [-0.2, 0) is 12.8 Å². The van der Waals surface area contributed by atoms with Crippen molar-refractivity contribution in [3.8, 4) is 10.6 Å². The van der Waals surface area contributed by atoms with Crippen LogP contribution >= 0.6 is 22.7 Å². The second-order valence-electron chi connectivity index (χ2n) is 4.94. The second kappa shape index (κ2) is 6.54. The van der Waals surface area contributed by atoms with E-state index in [1.165, 1.54) is 5.56 Å². The Morgan fingerprint density at radius 1 is 1.14 bits per heavy atom. The zero-order valence-electron chi connectivity index (χ0n) is 12.9. The predicted molar refractivity (Wildman–Crippen MR) is 94.2 cm³/mol. The van der Waals surface area contributed by atoms with Crippen LogP contribution in [0.3, 0.4) is 0 Å². The first-order chi connectivity index (χ1) is 10.7. The second-order valence-corrected chi connectivity index (χ2v) is 6.89. The van der Waals surface area contributed by atoms with Crippen LogP contribution in [0.1, 0.15) is 30.1 Å². The molecule has 3 rings (SSSR count). The highest BCUT2D eigenvalue weighted by Crippen LogP contribution is 2.33. The van der Waals surface area contributed by atoms with Gasteiger partial charge in [0.25, 0.3) is 0 Å². The zero-order valence-corrected chi connectivity index (χ0v) is 14.5. The summed E-state index contributed by atoms with van der Waals surface area (Å²) >= 11 is 3.32. The molecule has 0 aliphatic carbocycles. The summed E-state index contributed by atoms with van der Waals surface area (Å²) in [6, 6.07) is 4.08. The van der Waals surface area contributed by atoms with Crippen molar-refractivity contribution in [3.05, 3.63) is 40.0 Å². The number of thiazole rings is 2. The first-order valence-corrected chi connectivity index (χ1v) is 9.03. The summed E-state index contributed by atoms with van der Waals surface area (Å²) in [6.45, 7) is 6.29. The van der Waals surface area contributed by atoms with Crippen molar-refractivity contribution in [1.82, 2.24) is 15.0 Å². The molecule has 114 valence electrons. The predicted octanol–water partition coefficient (Wildman–Crippen LogP) is 4.84. The summed E-state index contributed by atoms with van der Waals surface area (Å²) in [5.41, 5.74) is 3.29. The number of aromatic nitrogens is 3. The maximum atomic E-state index is 4.66. The Morgan fingerprint density at radius 3 is 2.64 bits per heavy atom. The normalized spacial score (nSPS) is 10.9. The number of nitrogens with zero attached hydrogens (tertiary/aromatic N) is 3. The highest BCUT2D eigenvalue weighted by Gasteiger charge is 2.12. The standard InChI is InChI=1S/C16H18N4S2/c1-4-11-6-7-13(17-8-11)20-16-19-12(9-21-16)15-10(3)18-14(5-2)22-15/h6-9H,4-5H2,1-3H3,(H,17,19,20). The summed E-state index contributed by atoms with van der Waals surface area (Å²) in [5, 5.41) is 7.36. The van der Waals surface area contributed by atoms with Crippen LogP contribution in [0.25, 0.3) is 10.6 Å². The molecular formula is C16H18N4S2. The van der Waals surface area contributed by atoms with E-state index in [1.807, 2.05) is 19.2 Å². The van der Waals surface area contributed by atoms with Crippen LogP contribution in [-0.4, -0.2) is 15.0 Å². The first-order valence-electron chi connectivity index (χ1n) is 7.33. The van der Waals surface area contributed by atoms with E-state index in [9.17, 15) is 0 Å². The molecule has 0 saturated heterocycles. The SMILES string of the molecule is CCc1ccc(Nc2nc(-c3sc(CC)nc3C)cs2)nc1. The lowest BCUT2D eigenvalue weighted by molar-refractivity contribution is 1.07. The van der Waals surface area contributed by atoms with Gasteiger partial charge in [-0.05, 0) is 31.4 Å². The van der Waals surface area contributed by atoms with Gasteiger partial charge in [0, 0.05) is 11.6 Å². The molecule has 4 nitrogen and oxygen atoms in total. The quantitative estimate of drug-likeness (QED) is 0.727. The van der Waals surface area contributed by atoms with E-state index in [2.05, 4.69) is 45.6 Å². The molecule has 3 heterocycles. The van der Waals surface area contributed by atoms with Crippen LogP contribution in [0.4, 0.5) is 10.9 Å². The molecular weight excluding hydrogens is 312 g/mol. The summed E-state index contributed by atoms with van der Waals surface area (Å²) in [5.74, 6) is 0.827. The number of rotatable bonds is 5. The van der Waals surface area contributed by atoms with Gasteiger partial charge in [-0.3, -0.25) is 0 Å². The molecule has 0 atom stereocenters. The van der Waals surface area contributed by atoms with E-state index in [-0.39, 0.29) is 0 Å². The van der Waals surface area contributed by atoms with Crippen molar-refractivity contribution in [2.24, 2.45) is 0 Å².